The number of esters is 1. The Morgan fingerprint density at radius 1 is 1.08 bits per heavy atom. The van der Waals surface area contributed by atoms with Gasteiger partial charge in [0.05, 0.1) is 25.7 Å². The molecule has 0 radical (unpaired) electrons. The standard InChI is InChI=1S/C20H22ClNO4/c1-3-26-19(23)12-13-22(14-15-8-10-16(21)11-9-15)20(24)17-6-4-5-7-18(17)25-2/h4-11H,3,12-14H2,1-2H3. The van der Waals surface area contributed by atoms with E-state index in [0.717, 1.165) is 5.56 Å². The third kappa shape index (κ3) is 5.49. The highest BCUT2D eigenvalue weighted by Gasteiger charge is 2.20. The second kappa shape index (κ2) is 9.82. The summed E-state index contributed by atoms with van der Waals surface area (Å²) in [5.41, 5.74) is 1.37. The molecule has 0 aromatic heterocycles. The van der Waals surface area contributed by atoms with Crippen molar-refractivity contribution in [1.29, 1.82) is 0 Å². The molecular formula is C20H22ClNO4. The Morgan fingerprint density at radius 3 is 2.42 bits per heavy atom. The maximum Gasteiger partial charge on any atom is 0.307 e. The molecule has 0 bridgehead atoms. The number of benzene rings is 2. The molecule has 0 aliphatic heterocycles. The van der Waals surface area contributed by atoms with Crippen LogP contribution in [0.3, 0.4) is 0 Å². The van der Waals surface area contributed by atoms with Crippen LogP contribution >= 0.6 is 11.6 Å². The second-order valence-corrected chi connectivity index (χ2v) is 6.04. The molecule has 5 nitrogen and oxygen atoms in total. The van der Waals surface area contributed by atoms with E-state index in [-0.39, 0.29) is 24.8 Å². The number of rotatable bonds is 8. The molecule has 0 aliphatic rings. The van der Waals surface area contributed by atoms with Crippen molar-refractivity contribution in [2.45, 2.75) is 19.9 Å². The fourth-order valence-corrected chi connectivity index (χ4v) is 2.64. The van der Waals surface area contributed by atoms with Crippen molar-refractivity contribution in [3.8, 4) is 5.75 Å². The van der Waals surface area contributed by atoms with Gasteiger partial charge in [0.2, 0.25) is 0 Å². The average molecular weight is 376 g/mol. The summed E-state index contributed by atoms with van der Waals surface area (Å²) in [6.45, 7) is 2.67. The van der Waals surface area contributed by atoms with Crippen molar-refractivity contribution in [3.05, 3.63) is 64.7 Å². The molecule has 26 heavy (non-hydrogen) atoms. The van der Waals surface area contributed by atoms with E-state index in [9.17, 15) is 9.59 Å². The molecule has 0 atom stereocenters. The van der Waals surface area contributed by atoms with Gasteiger partial charge >= 0.3 is 5.97 Å². The molecule has 0 N–H and O–H groups in total. The van der Waals surface area contributed by atoms with Gasteiger partial charge in [0.15, 0.2) is 0 Å². The highest BCUT2D eigenvalue weighted by Crippen LogP contribution is 2.21. The van der Waals surface area contributed by atoms with E-state index in [0.29, 0.717) is 29.5 Å². The molecule has 2 rings (SSSR count). The van der Waals surface area contributed by atoms with Gasteiger partial charge in [-0.2, -0.15) is 0 Å². The van der Waals surface area contributed by atoms with Crippen LogP contribution in [-0.4, -0.2) is 37.0 Å². The minimum Gasteiger partial charge on any atom is -0.496 e. The van der Waals surface area contributed by atoms with Crippen LogP contribution in [0.5, 0.6) is 5.75 Å². The Morgan fingerprint density at radius 2 is 1.77 bits per heavy atom. The number of amides is 1. The van der Waals surface area contributed by atoms with Crippen LogP contribution in [-0.2, 0) is 16.1 Å². The summed E-state index contributed by atoms with van der Waals surface area (Å²) in [5, 5.41) is 0.628. The van der Waals surface area contributed by atoms with Crippen LogP contribution in [0.4, 0.5) is 0 Å². The number of ether oxygens (including phenoxy) is 2. The number of methoxy groups -OCH3 is 1. The molecule has 1 amide bonds. The van der Waals surface area contributed by atoms with Gasteiger partial charge in [0.25, 0.3) is 5.91 Å². The Balaban J connectivity index is 2.21. The topological polar surface area (TPSA) is 55.8 Å². The van der Waals surface area contributed by atoms with E-state index in [1.807, 2.05) is 12.1 Å². The zero-order chi connectivity index (χ0) is 18.9. The molecule has 0 unspecified atom stereocenters. The normalized spacial score (nSPS) is 10.3. The maximum absolute atomic E-state index is 13.0. The lowest BCUT2D eigenvalue weighted by atomic mass is 10.1. The summed E-state index contributed by atoms with van der Waals surface area (Å²) in [6.07, 6.45) is 0.127. The van der Waals surface area contributed by atoms with E-state index < -0.39 is 0 Å². The first-order chi connectivity index (χ1) is 12.5. The fraction of sp³-hybridized carbons (Fsp3) is 0.300. The smallest absolute Gasteiger partial charge is 0.307 e. The lowest BCUT2D eigenvalue weighted by Crippen LogP contribution is -2.33. The molecule has 138 valence electrons. The van der Waals surface area contributed by atoms with E-state index in [4.69, 9.17) is 21.1 Å². The van der Waals surface area contributed by atoms with Crippen LogP contribution in [0.2, 0.25) is 5.02 Å². The molecule has 0 heterocycles. The summed E-state index contributed by atoms with van der Waals surface area (Å²) in [7, 11) is 1.52. The predicted octanol–water partition coefficient (Wildman–Crippen LogP) is 3.94. The summed E-state index contributed by atoms with van der Waals surface area (Å²) in [5.74, 6) is -0.0436. The number of halogens is 1. The SMILES string of the molecule is CCOC(=O)CCN(Cc1ccc(Cl)cc1)C(=O)c1ccccc1OC. The summed E-state index contributed by atoms with van der Waals surface area (Å²) < 4.78 is 10.3. The van der Waals surface area contributed by atoms with Gasteiger partial charge in [-0.3, -0.25) is 9.59 Å². The van der Waals surface area contributed by atoms with Gasteiger partial charge < -0.3 is 14.4 Å². The minimum atomic E-state index is -0.332. The number of hydrogen-bond acceptors (Lipinski definition) is 4. The van der Waals surface area contributed by atoms with Crippen LogP contribution in [0.15, 0.2) is 48.5 Å². The molecule has 2 aromatic rings. The van der Waals surface area contributed by atoms with Gasteiger partial charge in [-0.25, -0.2) is 0 Å². The third-order valence-electron chi connectivity index (χ3n) is 3.80. The van der Waals surface area contributed by atoms with Crippen LogP contribution in [0, 0.1) is 0 Å². The van der Waals surface area contributed by atoms with E-state index >= 15 is 0 Å². The van der Waals surface area contributed by atoms with Crippen molar-refractivity contribution in [2.75, 3.05) is 20.3 Å². The molecule has 6 heteroatoms. The first-order valence-corrected chi connectivity index (χ1v) is 8.75. The van der Waals surface area contributed by atoms with E-state index in [2.05, 4.69) is 0 Å². The molecule has 0 spiro atoms. The second-order valence-electron chi connectivity index (χ2n) is 5.61. The van der Waals surface area contributed by atoms with Crippen molar-refractivity contribution in [2.24, 2.45) is 0 Å². The van der Waals surface area contributed by atoms with Gasteiger partial charge in [0.1, 0.15) is 5.75 Å². The zero-order valence-corrected chi connectivity index (χ0v) is 15.7. The van der Waals surface area contributed by atoms with Gasteiger partial charge in [-0.15, -0.1) is 0 Å². The average Bonchev–Trinajstić information content (AvgIpc) is 2.66. The number of para-hydroxylation sites is 1. The monoisotopic (exact) mass is 375 g/mol. The lowest BCUT2D eigenvalue weighted by Gasteiger charge is -2.23. The maximum atomic E-state index is 13.0. The third-order valence-corrected chi connectivity index (χ3v) is 4.05. The molecule has 0 saturated carbocycles. The zero-order valence-electron chi connectivity index (χ0n) is 14.9. The van der Waals surface area contributed by atoms with Crippen molar-refractivity contribution >= 4 is 23.5 Å². The highest BCUT2D eigenvalue weighted by atomic mass is 35.5. The Hall–Kier alpha value is -2.53. The van der Waals surface area contributed by atoms with Gasteiger partial charge in [0, 0.05) is 18.1 Å². The first kappa shape index (κ1) is 19.8. The summed E-state index contributed by atoms with van der Waals surface area (Å²) >= 11 is 5.93. The summed E-state index contributed by atoms with van der Waals surface area (Å²) in [6, 6.07) is 14.3. The molecular weight excluding hydrogens is 354 g/mol. The van der Waals surface area contributed by atoms with Gasteiger partial charge in [-0.1, -0.05) is 35.9 Å². The fourth-order valence-electron chi connectivity index (χ4n) is 2.51. The minimum absolute atomic E-state index is 0.127. The van der Waals surface area contributed by atoms with Crippen molar-refractivity contribution in [3.63, 3.8) is 0 Å². The van der Waals surface area contributed by atoms with Crippen LogP contribution in [0.1, 0.15) is 29.3 Å². The van der Waals surface area contributed by atoms with E-state index in [1.54, 1.807) is 48.2 Å². The quantitative estimate of drug-likeness (QED) is 0.656. The molecule has 0 saturated heterocycles. The number of hydrogen-bond donors (Lipinski definition) is 0. The lowest BCUT2D eigenvalue weighted by molar-refractivity contribution is -0.143. The van der Waals surface area contributed by atoms with E-state index in [1.165, 1.54) is 7.11 Å². The van der Waals surface area contributed by atoms with Crippen molar-refractivity contribution < 1.29 is 19.1 Å². The number of nitrogens with zero attached hydrogens (tertiary/aromatic N) is 1. The van der Waals surface area contributed by atoms with Crippen LogP contribution < -0.4 is 4.74 Å². The molecule has 0 aliphatic carbocycles. The number of carbonyl (C=O) groups excluding carboxylic acids is 2. The summed E-state index contributed by atoms with van der Waals surface area (Å²) in [4.78, 5) is 26.4. The van der Waals surface area contributed by atoms with Crippen molar-refractivity contribution in [1.82, 2.24) is 4.90 Å². The molecule has 2 aromatic carbocycles. The Kier molecular flexibility index (Phi) is 7.48. The largest absolute Gasteiger partial charge is 0.496 e. The Labute approximate surface area is 158 Å². The van der Waals surface area contributed by atoms with Crippen LogP contribution in [0.25, 0.3) is 0 Å². The molecule has 0 fully saturated rings. The predicted molar refractivity (Wildman–Crippen MR) is 100 cm³/mol. The first-order valence-electron chi connectivity index (χ1n) is 8.37. The number of carbonyl (C=O) groups is 2. The highest BCUT2D eigenvalue weighted by molar-refractivity contribution is 6.30. The van der Waals surface area contributed by atoms with Gasteiger partial charge in [-0.05, 0) is 36.8 Å². The Bertz CT molecular complexity index is 746.